The van der Waals surface area contributed by atoms with E-state index >= 15 is 0 Å². The van der Waals surface area contributed by atoms with Crippen molar-refractivity contribution >= 4 is 16.8 Å². The molecule has 3 rings (SSSR count). The first kappa shape index (κ1) is 14.9. The van der Waals surface area contributed by atoms with E-state index in [1.807, 2.05) is 30.3 Å². The van der Waals surface area contributed by atoms with Gasteiger partial charge in [-0.15, -0.1) is 0 Å². The van der Waals surface area contributed by atoms with Crippen molar-refractivity contribution in [3.63, 3.8) is 0 Å². The van der Waals surface area contributed by atoms with Crippen LogP contribution in [0, 0.1) is 0 Å². The van der Waals surface area contributed by atoms with Gasteiger partial charge in [0, 0.05) is 37.8 Å². The second-order valence-electron chi connectivity index (χ2n) is 5.47. The lowest BCUT2D eigenvalue weighted by molar-refractivity contribution is -0.120. The zero-order valence-corrected chi connectivity index (χ0v) is 12.6. The SMILES string of the molecule is O=C(Cc1cccc2cccnc12)NCCN1CCOCC1. The van der Waals surface area contributed by atoms with Gasteiger partial charge in [0.25, 0.3) is 0 Å². The van der Waals surface area contributed by atoms with Crippen LogP contribution in [0.2, 0.25) is 0 Å². The topological polar surface area (TPSA) is 54.5 Å². The molecule has 2 aromatic rings. The molecule has 2 heterocycles. The van der Waals surface area contributed by atoms with Gasteiger partial charge in [0.1, 0.15) is 0 Å². The molecule has 5 heteroatoms. The average molecular weight is 299 g/mol. The van der Waals surface area contributed by atoms with E-state index in [9.17, 15) is 4.79 Å². The summed E-state index contributed by atoms with van der Waals surface area (Å²) in [4.78, 5) is 18.8. The van der Waals surface area contributed by atoms with Crippen molar-refractivity contribution in [1.29, 1.82) is 0 Å². The third-order valence-electron chi connectivity index (χ3n) is 3.92. The maximum absolute atomic E-state index is 12.1. The molecule has 0 aliphatic carbocycles. The quantitative estimate of drug-likeness (QED) is 0.902. The number of aromatic nitrogens is 1. The highest BCUT2D eigenvalue weighted by Gasteiger charge is 2.11. The van der Waals surface area contributed by atoms with Gasteiger partial charge in [0.15, 0.2) is 0 Å². The fraction of sp³-hybridized carbons (Fsp3) is 0.412. The van der Waals surface area contributed by atoms with Gasteiger partial charge in [-0.05, 0) is 11.6 Å². The third-order valence-corrected chi connectivity index (χ3v) is 3.92. The average Bonchev–Trinajstić information content (AvgIpc) is 2.56. The van der Waals surface area contributed by atoms with Crippen LogP contribution >= 0.6 is 0 Å². The van der Waals surface area contributed by atoms with E-state index in [1.165, 1.54) is 0 Å². The fourth-order valence-electron chi connectivity index (χ4n) is 2.72. The molecule has 1 fully saturated rings. The number of nitrogens with zero attached hydrogens (tertiary/aromatic N) is 2. The van der Waals surface area contributed by atoms with E-state index in [-0.39, 0.29) is 5.91 Å². The molecule has 116 valence electrons. The molecule has 1 aromatic heterocycles. The number of nitrogens with one attached hydrogen (secondary N) is 1. The largest absolute Gasteiger partial charge is 0.379 e. The Morgan fingerprint density at radius 2 is 2.05 bits per heavy atom. The number of ether oxygens (including phenoxy) is 1. The minimum absolute atomic E-state index is 0.0476. The predicted molar refractivity (Wildman–Crippen MR) is 85.7 cm³/mol. The van der Waals surface area contributed by atoms with E-state index in [1.54, 1.807) is 6.20 Å². The van der Waals surface area contributed by atoms with Gasteiger partial charge in [-0.3, -0.25) is 14.7 Å². The summed E-state index contributed by atoms with van der Waals surface area (Å²) in [5.74, 6) is 0.0476. The standard InChI is InChI=1S/C17H21N3O2/c21-16(18-7-8-20-9-11-22-12-10-20)13-15-4-1-3-14-5-2-6-19-17(14)15/h1-6H,7-13H2,(H,18,21). The Bertz CT molecular complexity index is 633. The smallest absolute Gasteiger partial charge is 0.224 e. The van der Waals surface area contributed by atoms with Gasteiger partial charge >= 0.3 is 0 Å². The van der Waals surface area contributed by atoms with Crippen LogP contribution in [0.1, 0.15) is 5.56 Å². The zero-order chi connectivity index (χ0) is 15.2. The summed E-state index contributed by atoms with van der Waals surface area (Å²) in [5, 5.41) is 4.06. The van der Waals surface area contributed by atoms with Crippen molar-refractivity contribution in [3.05, 3.63) is 42.1 Å². The van der Waals surface area contributed by atoms with Gasteiger partial charge in [-0.25, -0.2) is 0 Å². The number of pyridine rings is 1. The monoisotopic (exact) mass is 299 g/mol. The molecule has 5 nitrogen and oxygen atoms in total. The Morgan fingerprint density at radius 1 is 1.23 bits per heavy atom. The number of carbonyl (C=O) groups is 1. The molecule has 1 N–H and O–H groups in total. The van der Waals surface area contributed by atoms with Crippen LogP contribution in [0.25, 0.3) is 10.9 Å². The van der Waals surface area contributed by atoms with Crippen LogP contribution in [0.4, 0.5) is 0 Å². The van der Waals surface area contributed by atoms with Crippen molar-refractivity contribution in [2.75, 3.05) is 39.4 Å². The van der Waals surface area contributed by atoms with Crippen LogP contribution < -0.4 is 5.32 Å². The number of amides is 1. The lowest BCUT2D eigenvalue weighted by Crippen LogP contribution is -2.41. The van der Waals surface area contributed by atoms with Crippen molar-refractivity contribution < 1.29 is 9.53 Å². The fourth-order valence-corrected chi connectivity index (χ4v) is 2.72. The normalized spacial score (nSPS) is 15.8. The van der Waals surface area contributed by atoms with Gasteiger partial charge in [0.05, 0.1) is 25.2 Å². The Labute approximate surface area is 130 Å². The van der Waals surface area contributed by atoms with Crippen molar-refractivity contribution in [3.8, 4) is 0 Å². The second kappa shape index (κ2) is 7.33. The molecule has 0 atom stereocenters. The van der Waals surface area contributed by atoms with E-state index in [2.05, 4.69) is 15.2 Å². The maximum Gasteiger partial charge on any atom is 0.224 e. The zero-order valence-electron chi connectivity index (χ0n) is 12.6. The van der Waals surface area contributed by atoms with Crippen LogP contribution in [-0.4, -0.2) is 55.2 Å². The minimum atomic E-state index is 0.0476. The second-order valence-corrected chi connectivity index (χ2v) is 5.47. The molecule has 1 amide bonds. The predicted octanol–water partition coefficient (Wildman–Crippen LogP) is 1.23. The molecule has 0 radical (unpaired) electrons. The number of morpholine rings is 1. The molecule has 22 heavy (non-hydrogen) atoms. The van der Waals surface area contributed by atoms with Gasteiger partial charge < -0.3 is 10.1 Å². The third kappa shape index (κ3) is 3.81. The molecular weight excluding hydrogens is 278 g/mol. The Balaban J connectivity index is 1.52. The molecule has 1 aliphatic rings. The van der Waals surface area contributed by atoms with Crippen LogP contribution in [0.15, 0.2) is 36.5 Å². The molecular formula is C17H21N3O2. The Hall–Kier alpha value is -1.98. The van der Waals surface area contributed by atoms with Crippen LogP contribution in [0.5, 0.6) is 0 Å². The summed E-state index contributed by atoms with van der Waals surface area (Å²) in [6, 6.07) is 9.89. The molecule has 0 bridgehead atoms. The van der Waals surface area contributed by atoms with Crippen LogP contribution in [-0.2, 0) is 16.0 Å². The highest BCUT2D eigenvalue weighted by molar-refractivity contribution is 5.87. The number of fused-ring (bicyclic) bond motifs is 1. The summed E-state index contributed by atoms with van der Waals surface area (Å²) in [7, 11) is 0. The number of carbonyl (C=O) groups excluding carboxylic acids is 1. The molecule has 1 saturated heterocycles. The number of hydrogen-bond donors (Lipinski definition) is 1. The lowest BCUT2D eigenvalue weighted by Gasteiger charge is -2.26. The van der Waals surface area contributed by atoms with Crippen molar-refractivity contribution in [2.45, 2.75) is 6.42 Å². The van der Waals surface area contributed by atoms with Crippen LogP contribution in [0.3, 0.4) is 0 Å². The van der Waals surface area contributed by atoms with Crippen molar-refractivity contribution in [1.82, 2.24) is 15.2 Å². The summed E-state index contributed by atoms with van der Waals surface area (Å²) < 4.78 is 5.31. The van der Waals surface area contributed by atoms with E-state index in [4.69, 9.17) is 4.74 Å². The first-order valence-corrected chi connectivity index (χ1v) is 7.72. The molecule has 1 aromatic carbocycles. The molecule has 0 spiro atoms. The summed E-state index contributed by atoms with van der Waals surface area (Å²) in [5.41, 5.74) is 1.88. The number of hydrogen-bond acceptors (Lipinski definition) is 4. The van der Waals surface area contributed by atoms with E-state index in [0.29, 0.717) is 13.0 Å². The van der Waals surface area contributed by atoms with E-state index in [0.717, 1.165) is 49.3 Å². The lowest BCUT2D eigenvalue weighted by atomic mass is 10.1. The van der Waals surface area contributed by atoms with Gasteiger partial charge in [-0.2, -0.15) is 0 Å². The van der Waals surface area contributed by atoms with Crippen molar-refractivity contribution in [2.24, 2.45) is 0 Å². The van der Waals surface area contributed by atoms with E-state index < -0.39 is 0 Å². The van der Waals surface area contributed by atoms with Gasteiger partial charge in [-0.1, -0.05) is 24.3 Å². The first-order chi connectivity index (χ1) is 10.8. The molecule has 1 aliphatic heterocycles. The molecule has 0 unspecified atom stereocenters. The number of rotatable bonds is 5. The highest BCUT2D eigenvalue weighted by atomic mass is 16.5. The maximum atomic E-state index is 12.1. The summed E-state index contributed by atoms with van der Waals surface area (Å²) in [6.45, 7) is 5.03. The number of para-hydroxylation sites is 1. The Kier molecular flexibility index (Phi) is 4.98. The first-order valence-electron chi connectivity index (χ1n) is 7.72. The Morgan fingerprint density at radius 3 is 2.91 bits per heavy atom. The minimum Gasteiger partial charge on any atom is -0.379 e. The molecule has 0 saturated carbocycles. The summed E-state index contributed by atoms with van der Waals surface area (Å²) in [6.07, 6.45) is 2.14. The van der Waals surface area contributed by atoms with Gasteiger partial charge in [0.2, 0.25) is 5.91 Å². The highest BCUT2D eigenvalue weighted by Crippen LogP contribution is 2.16. The number of benzene rings is 1. The summed E-state index contributed by atoms with van der Waals surface area (Å²) >= 11 is 0.